The summed E-state index contributed by atoms with van der Waals surface area (Å²) in [6.07, 6.45) is 0.625. The summed E-state index contributed by atoms with van der Waals surface area (Å²) in [5.74, 6) is 1.38. The fourth-order valence-corrected chi connectivity index (χ4v) is 2.63. The van der Waals surface area contributed by atoms with Gasteiger partial charge in [-0.05, 0) is 36.2 Å². The number of hydrogen-bond acceptors (Lipinski definition) is 4. The van der Waals surface area contributed by atoms with Crippen molar-refractivity contribution in [2.24, 2.45) is 5.92 Å². The average Bonchev–Trinajstić information content (AvgIpc) is 2.71. The van der Waals surface area contributed by atoms with Gasteiger partial charge >= 0.3 is 0 Å². The summed E-state index contributed by atoms with van der Waals surface area (Å²) in [4.78, 5) is 13.4. The monoisotopic (exact) mass is 228 g/mol. The molecule has 1 atom stereocenters. The molecule has 0 saturated carbocycles. The zero-order valence-electron chi connectivity index (χ0n) is 7.93. The number of rotatable bonds is 2. The van der Waals surface area contributed by atoms with Crippen molar-refractivity contribution >= 4 is 35.1 Å². The van der Waals surface area contributed by atoms with E-state index in [2.05, 4.69) is 17.0 Å². The van der Waals surface area contributed by atoms with E-state index in [1.165, 1.54) is 11.5 Å². The lowest BCUT2D eigenvalue weighted by Crippen LogP contribution is -2.23. The van der Waals surface area contributed by atoms with Gasteiger partial charge < -0.3 is 4.90 Å². The van der Waals surface area contributed by atoms with Gasteiger partial charge in [-0.1, -0.05) is 0 Å². The van der Waals surface area contributed by atoms with E-state index < -0.39 is 0 Å². The second kappa shape index (κ2) is 3.90. The Hall–Kier alpha value is -0.550. The number of carbonyl (C=O) groups is 1. The Bertz CT molecular complexity index is 350. The molecule has 1 aromatic rings. The molecule has 1 amide bonds. The number of thiol groups is 1. The van der Waals surface area contributed by atoms with Crippen molar-refractivity contribution in [2.45, 2.75) is 13.3 Å². The Morgan fingerprint density at radius 1 is 1.79 bits per heavy atom. The fraction of sp³-hybridized carbons (Fsp3) is 0.556. The number of hydrogen-bond donors (Lipinski definition) is 1. The van der Waals surface area contributed by atoms with Crippen LogP contribution < -0.4 is 4.90 Å². The number of amides is 1. The molecule has 0 N–H and O–H groups in total. The normalized spacial score (nSPS) is 22.0. The minimum Gasteiger partial charge on any atom is -0.302 e. The highest BCUT2D eigenvalue weighted by Gasteiger charge is 2.30. The largest absolute Gasteiger partial charge is 0.302 e. The Morgan fingerprint density at radius 2 is 2.57 bits per heavy atom. The van der Waals surface area contributed by atoms with Crippen LogP contribution in [0.25, 0.3) is 0 Å². The van der Waals surface area contributed by atoms with Crippen LogP contribution in [0.15, 0.2) is 6.07 Å². The highest BCUT2D eigenvalue weighted by atomic mass is 32.1. The van der Waals surface area contributed by atoms with E-state index >= 15 is 0 Å². The summed E-state index contributed by atoms with van der Waals surface area (Å²) in [7, 11) is 0. The van der Waals surface area contributed by atoms with Crippen LogP contribution in [0.1, 0.15) is 12.1 Å². The third kappa shape index (κ3) is 1.79. The lowest BCUT2D eigenvalue weighted by atomic mass is 10.1. The molecule has 0 aromatic carbocycles. The molecule has 2 heterocycles. The van der Waals surface area contributed by atoms with Gasteiger partial charge in [0.25, 0.3) is 0 Å². The van der Waals surface area contributed by atoms with Crippen LogP contribution in [0.3, 0.4) is 0 Å². The first-order valence-electron chi connectivity index (χ1n) is 4.55. The fourth-order valence-electron chi connectivity index (χ4n) is 1.59. The van der Waals surface area contributed by atoms with Gasteiger partial charge in [0.2, 0.25) is 5.91 Å². The molecular weight excluding hydrogens is 216 g/mol. The zero-order valence-corrected chi connectivity index (χ0v) is 9.65. The smallest absolute Gasteiger partial charge is 0.228 e. The van der Waals surface area contributed by atoms with Crippen LogP contribution in [0.5, 0.6) is 0 Å². The molecule has 0 aliphatic carbocycles. The highest BCUT2D eigenvalue weighted by molar-refractivity contribution is 7.80. The SMILES string of the molecule is Cc1cc(N2CC(CS)CC2=O)sn1. The molecule has 1 aliphatic heterocycles. The highest BCUT2D eigenvalue weighted by Crippen LogP contribution is 2.28. The molecule has 3 nitrogen and oxygen atoms in total. The van der Waals surface area contributed by atoms with Crippen LogP contribution in [0, 0.1) is 12.8 Å². The number of carbonyl (C=O) groups excluding carboxylic acids is 1. The van der Waals surface area contributed by atoms with Crippen molar-refractivity contribution in [3.63, 3.8) is 0 Å². The second-order valence-corrected chi connectivity index (χ2v) is 4.71. The maximum Gasteiger partial charge on any atom is 0.228 e. The number of nitrogens with zero attached hydrogens (tertiary/aromatic N) is 2. The van der Waals surface area contributed by atoms with E-state index in [1.807, 2.05) is 17.9 Å². The van der Waals surface area contributed by atoms with E-state index in [1.54, 1.807) is 0 Å². The van der Waals surface area contributed by atoms with Crippen LogP contribution in [-0.2, 0) is 4.79 Å². The summed E-state index contributed by atoms with van der Waals surface area (Å²) >= 11 is 5.62. The zero-order chi connectivity index (χ0) is 10.1. The van der Waals surface area contributed by atoms with Crippen molar-refractivity contribution < 1.29 is 4.79 Å². The quantitative estimate of drug-likeness (QED) is 0.782. The Balaban J connectivity index is 2.16. The predicted octanol–water partition coefficient (Wildman–Crippen LogP) is 1.73. The minimum atomic E-state index is 0.202. The number of aryl methyl sites for hydroxylation is 1. The molecule has 0 spiro atoms. The van der Waals surface area contributed by atoms with Crippen LogP contribution >= 0.6 is 24.2 Å². The van der Waals surface area contributed by atoms with Gasteiger partial charge in [0, 0.05) is 13.0 Å². The molecule has 1 aliphatic rings. The molecule has 1 unspecified atom stereocenters. The Labute approximate surface area is 92.7 Å². The average molecular weight is 228 g/mol. The summed E-state index contributed by atoms with van der Waals surface area (Å²) in [6, 6.07) is 1.96. The number of aromatic nitrogens is 1. The molecule has 1 fully saturated rings. The Kier molecular flexibility index (Phi) is 2.78. The van der Waals surface area contributed by atoms with Crippen LogP contribution in [-0.4, -0.2) is 22.6 Å². The minimum absolute atomic E-state index is 0.202. The van der Waals surface area contributed by atoms with Crippen molar-refractivity contribution in [3.8, 4) is 0 Å². The first-order valence-corrected chi connectivity index (χ1v) is 5.96. The van der Waals surface area contributed by atoms with Gasteiger partial charge in [-0.3, -0.25) is 4.79 Å². The summed E-state index contributed by atoms with van der Waals surface area (Å²) in [6.45, 7) is 2.74. The van der Waals surface area contributed by atoms with Gasteiger partial charge in [-0.25, -0.2) is 0 Å². The van der Waals surface area contributed by atoms with Gasteiger partial charge in [0.05, 0.1) is 5.69 Å². The van der Waals surface area contributed by atoms with Gasteiger partial charge in [0.1, 0.15) is 5.00 Å². The summed E-state index contributed by atoms with van der Waals surface area (Å²) in [5.41, 5.74) is 0.979. The maximum absolute atomic E-state index is 11.6. The topological polar surface area (TPSA) is 33.2 Å². The standard InChI is InChI=1S/C9H12N2OS2/c1-6-2-9(14-10-6)11-4-7(5-13)3-8(11)12/h2,7,13H,3-5H2,1H3. The molecule has 1 saturated heterocycles. The summed E-state index contributed by atoms with van der Waals surface area (Å²) < 4.78 is 4.18. The van der Waals surface area contributed by atoms with Gasteiger partial charge in [0.15, 0.2) is 0 Å². The van der Waals surface area contributed by atoms with Crippen molar-refractivity contribution in [2.75, 3.05) is 17.2 Å². The van der Waals surface area contributed by atoms with Crippen LogP contribution in [0.2, 0.25) is 0 Å². The van der Waals surface area contributed by atoms with E-state index in [-0.39, 0.29) is 5.91 Å². The van der Waals surface area contributed by atoms with E-state index in [0.717, 1.165) is 23.0 Å². The molecule has 5 heteroatoms. The first-order chi connectivity index (χ1) is 6.70. The second-order valence-electron chi connectivity index (χ2n) is 3.56. The lowest BCUT2D eigenvalue weighted by Gasteiger charge is -2.12. The summed E-state index contributed by atoms with van der Waals surface area (Å²) in [5, 5.41) is 0.969. The third-order valence-corrected chi connectivity index (χ3v) is 3.77. The lowest BCUT2D eigenvalue weighted by molar-refractivity contribution is -0.117. The van der Waals surface area contributed by atoms with Crippen LogP contribution in [0.4, 0.5) is 5.00 Å². The molecule has 2 rings (SSSR count). The van der Waals surface area contributed by atoms with Gasteiger partial charge in [-0.15, -0.1) is 0 Å². The molecule has 0 bridgehead atoms. The number of anilines is 1. The van der Waals surface area contributed by atoms with E-state index in [0.29, 0.717) is 12.3 Å². The Morgan fingerprint density at radius 3 is 3.07 bits per heavy atom. The van der Waals surface area contributed by atoms with Crippen molar-refractivity contribution in [3.05, 3.63) is 11.8 Å². The molecular formula is C9H12N2OS2. The molecule has 1 aromatic heterocycles. The van der Waals surface area contributed by atoms with Gasteiger partial charge in [-0.2, -0.15) is 17.0 Å². The molecule has 14 heavy (non-hydrogen) atoms. The molecule has 0 radical (unpaired) electrons. The first kappa shape index (κ1) is 9.98. The predicted molar refractivity (Wildman–Crippen MR) is 61.2 cm³/mol. The van der Waals surface area contributed by atoms with Crippen molar-refractivity contribution in [1.82, 2.24) is 4.37 Å². The third-order valence-electron chi connectivity index (χ3n) is 2.34. The van der Waals surface area contributed by atoms with E-state index in [4.69, 9.17) is 0 Å². The van der Waals surface area contributed by atoms with Crippen molar-refractivity contribution in [1.29, 1.82) is 0 Å². The maximum atomic E-state index is 11.6. The van der Waals surface area contributed by atoms with E-state index in [9.17, 15) is 4.79 Å². The molecule has 76 valence electrons.